The van der Waals surface area contributed by atoms with Crippen LogP contribution < -0.4 is 0 Å². The number of methoxy groups -OCH3 is 1. The molecule has 11 heavy (non-hydrogen) atoms. The van der Waals surface area contributed by atoms with E-state index < -0.39 is 0 Å². The zero-order valence-corrected chi connectivity index (χ0v) is 8.02. The summed E-state index contributed by atoms with van der Waals surface area (Å²) in [6, 6.07) is 0. The standard InChI is InChI=1S/C9H16OS/c1-10-7-5-8-3-2-4-9(6-7)11-8/h7-9H,2-6H2,1H3/p+1. The van der Waals surface area contributed by atoms with E-state index in [1.165, 1.54) is 32.1 Å². The Hall–Kier alpha value is 0.310. The maximum absolute atomic E-state index is 5.42. The molecule has 2 rings (SSSR count). The molecule has 1 nitrogen and oxygen atoms in total. The van der Waals surface area contributed by atoms with Crippen LogP contribution in [0.4, 0.5) is 0 Å². The van der Waals surface area contributed by atoms with Crippen molar-refractivity contribution in [2.75, 3.05) is 7.11 Å². The normalized spacial score (nSPS) is 43.9. The zero-order valence-electron chi connectivity index (χ0n) is 7.12. The van der Waals surface area contributed by atoms with Crippen molar-refractivity contribution < 1.29 is 4.74 Å². The van der Waals surface area contributed by atoms with Gasteiger partial charge in [-0.05, 0) is 31.0 Å². The highest BCUT2D eigenvalue weighted by Gasteiger charge is 2.38. The third-order valence-corrected chi connectivity index (χ3v) is 4.68. The summed E-state index contributed by atoms with van der Waals surface area (Å²) < 4.78 is 5.42. The van der Waals surface area contributed by atoms with Crippen LogP contribution in [-0.4, -0.2) is 23.7 Å². The fraction of sp³-hybridized carbons (Fsp3) is 1.00. The van der Waals surface area contributed by atoms with Gasteiger partial charge in [0.05, 0.1) is 6.10 Å². The van der Waals surface area contributed by atoms with E-state index in [9.17, 15) is 0 Å². The first-order chi connectivity index (χ1) is 5.38. The Morgan fingerprint density at radius 2 is 1.82 bits per heavy atom. The first-order valence-corrected chi connectivity index (χ1v) is 5.64. The lowest BCUT2D eigenvalue weighted by Gasteiger charge is -2.31. The summed E-state index contributed by atoms with van der Waals surface area (Å²) in [6.45, 7) is 0. The van der Waals surface area contributed by atoms with Gasteiger partial charge in [0.2, 0.25) is 0 Å². The number of thiol groups is 1. The number of ether oxygens (including phenoxy) is 1. The number of rotatable bonds is 1. The summed E-state index contributed by atoms with van der Waals surface area (Å²) >= 11 is 1.74. The molecule has 0 spiro atoms. The van der Waals surface area contributed by atoms with Gasteiger partial charge in [0.15, 0.2) is 0 Å². The molecule has 0 N–H and O–H groups in total. The Kier molecular flexibility index (Phi) is 2.42. The molecule has 0 aromatic heterocycles. The Morgan fingerprint density at radius 3 is 2.36 bits per heavy atom. The van der Waals surface area contributed by atoms with Crippen LogP contribution in [0.25, 0.3) is 0 Å². The van der Waals surface area contributed by atoms with Crippen LogP contribution >= 0.6 is 0 Å². The molecule has 0 aromatic carbocycles. The molecule has 2 bridgehead atoms. The minimum absolute atomic E-state index is 0.589. The van der Waals surface area contributed by atoms with Gasteiger partial charge >= 0.3 is 0 Å². The van der Waals surface area contributed by atoms with Gasteiger partial charge in [-0.1, -0.05) is 0 Å². The molecule has 0 aliphatic carbocycles. The van der Waals surface area contributed by atoms with Gasteiger partial charge in [-0.3, -0.25) is 0 Å². The fourth-order valence-electron chi connectivity index (χ4n) is 2.29. The SMILES string of the molecule is COC1CC2CCCC(C1)[SH+]2. The van der Waals surface area contributed by atoms with Crippen molar-refractivity contribution in [3.05, 3.63) is 0 Å². The third-order valence-electron chi connectivity index (χ3n) is 2.90. The van der Waals surface area contributed by atoms with Crippen molar-refractivity contribution >= 4 is 11.8 Å². The second-order valence-electron chi connectivity index (χ2n) is 3.72. The van der Waals surface area contributed by atoms with Gasteiger partial charge in [-0.2, -0.15) is 0 Å². The van der Waals surface area contributed by atoms with Gasteiger partial charge in [-0.15, -0.1) is 0 Å². The van der Waals surface area contributed by atoms with E-state index >= 15 is 0 Å². The molecular formula is C9H17OS+. The zero-order chi connectivity index (χ0) is 7.68. The molecule has 2 heteroatoms. The maximum Gasteiger partial charge on any atom is 0.118 e. The maximum atomic E-state index is 5.42. The van der Waals surface area contributed by atoms with Crippen molar-refractivity contribution in [1.29, 1.82) is 0 Å². The molecule has 0 aromatic rings. The summed E-state index contributed by atoms with van der Waals surface area (Å²) in [4.78, 5) is 0. The predicted octanol–water partition coefficient (Wildman–Crippen LogP) is 1.53. The van der Waals surface area contributed by atoms with Gasteiger partial charge in [0.1, 0.15) is 10.5 Å². The Labute approximate surface area is 72.9 Å². The Morgan fingerprint density at radius 1 is 1.18 bits per heavy atom. The van der Waals surface area contributed by atoms with Crippen LogP contribution in [0.1, 0.15) is 32.1 Å². The minimum Gasteiger partial charge on any atom is -0.381 e. The van der Waals surface area contributed by atoms with Crippen molar-refractivity contribution in [1.82, 2.24) is 0 Å². The molecule has 0 saturated carbocycles. The average molecular weight is 173 g/mol. The van der Waals surface area contributed by atoms with E-state index in [4.69, 9.17) is 4.74 Å². The number of fused-ring (bicyclic) bond motifs is 2. The summed E-state index contributed by atoms with van der Waals surface area (Å²) in [5.41, 5.74) is 0. The van der Waals surface area contributed by atoms with Gasteiger partial charge in [0.25, 0.3) is 0 Å². The lowest BCUT2D eigenvalue weighted by Crippen LogP contribution is -2.38. The van der Waals surface area contributed by atoms with E-state index in [0.29, 0.717) is 6.10 Å². The Balaban J connectivity index is 1.94. The van der Waals surface area contributed by atoms with Crippen LogP contribution in [0.3, 0.4) is 0 Å². The summed E-state index contributed by atoms with van der Waals surface area (Å²) in [5, 5.41) is 1.96. The minimum atomic E-state index is 0.589. The van der Waals surface area contributed by atoms with Crippen LogP contribution in [0, 0.1) is 0 Å². The quantitative estimate of drug-likeness (QED) is 0.431. The van der Waals surface area contributed by atoms with Crippen molar-refractivity contribution in [3.8, 4) is 0 Å². The third kappa shape index (κ3) is 1.73. The average Bonchev–Trinajstić information content (AvgIpc) is 2.03. The number of hydrogen-bond acceptors (Lipinski definition) is 1. The van der Waals surface area contributed by atoms with E-state index in [-0.39, 0.29) is 0 Å². The molecule has 64 valence electrons. The molecule has 2 fully saturated rings. The van der Waals surface area contributed by atoms with Gasteiger partial charge in [-0.25, -0.2) is 0 Å². The van der Waals surface area contributed by atoms with Crippen LogP contribution in [-0.2, 0) is 16.5 Å². The van der Waals surface area contributed by atoms with Crippen LogP contribution in [0.5, 0.6) is 0 Å². The lowest BCUT2D eigenvalue weighted by molar-refractivity contribution is 0.0779. The molecule has 0 radical (unpaired) electrons. The molecule has 2 saturated heterocycles. The molecule has 0 amide bonds. The molecule has 2 aliphatic rings. The molecule has 2 heterocycles. The first-order valence-electron chi connectivity index (χ1n) is 4.61. The summed E-state index contributed by atoms with van der Waals surface area (Å²) in [6.07, 6.45) is 7.63. The van der Waals surface area contributed by atoms with Crippen LogP contribution in [0.2, 0.25) is 0 Å². The molecule has 2 atom stereocenters. The van der Waals surface area contributed by atoms with E-state index in [0.717, 1.165) is 10.5 Å². The van der Waals surface area contributed by atoms with E-state index in [2.05, 4.69) is 0 Å². The van der Waals surface area contributed by atoms with E-state index in [1.807, 2.05) is 7.11 Å². The molecule has 2 unspecified atom stereocenters. The monoisotopic (exact) mass is 173 g/mol. The first kappa shape index (κ1) is 7.93. The van der Waals surface area contributed by atoms with Crippen molar-refractivity contribution in [2.24, 2.45) is 0 Å². The largest absolute Gasteiger partial charge is 0.381 e. The van der Waals surface area contributed by atoms with E-state index in [1.54, 1.807) is 11.8 Å². The molecule has 2 aliphatic heterocycles. The Bertz CT molecular complexity index is 126. The fourth-order valence-corrected chi connectivity index (χ4v) is 4.26. The second-order valence-corrected chi connectivity index (χ2v) is 5.48. The second kappa shape index (κ2) is 3.36. The summed E-state index contributed by atoms with van der Waals surface area (Å²) in [7, 11) is 1.86. The van der Waals surface area contributed by atoms with Gasteiger partial charge in [0, 0.05) is 20.0 Å². The molecular weight excluding hydrogens is 156 g/mol. The smallest absolute Gasteiger partial charge is 0.118 e. The van der Waals surface area contributed by atoms with Crippen molar-refractivity contribution in [3.63, 3.8) is 0 Å². The highest BCUT2D eigenvalue weighted by molar-refractivity contribution is 7.80. The van der Waals surface area contributed by atoms with Crippen LogP contribution in [0.15, 0.2) is 0 Å². The summed E-state index contributed by atoms with van der Waals surface area (Å²) in [5.74, 6) is 0. The predicted molar refractivity (Wildman–Crippen MR) is 50.2 cm³/mol. The highest BCUT2D eigenvalue weighted by atomic mass is 32.2. The lowest BCUT2D eigenvalue weighted by atomic mass is 9.96. The van der Waals surface area contributed by atoms with Crippen molar-refractivity contribution in [2.45, 2.75) is 48.7 Å². The highest BCUT2D eigenvalue weighted by Crippen LogP contribution is 2.32. The topological polar surface area (TPSA) is 9.23 Å². The number of hydrogen-bond donors (Lipinski definition) is 0. The van der Waals surface area contributed by atoms with Gasteiger partial charge < -0.3 is 4.74 Å².